The predicted molar refractivity (Wildman–Crippen MR) is 78.9 cm³/mol. The molecule has 0 aromatic carbocycles. The van der Waals surface area contributed by atoms with Gasteiger partial charge in [-0.25, -0.2) is 0 Å². The van der Waals surface area contributed by atoms with Gasteiger partial charge in [0.1, 0.15) is 0 Å². The van der Waals surface area contributed by atoms with Crippen LogP contribution in [-0.2, 0) is 13.5 Å². The molecule has 0 bridgehead atoms. The lowest BCUT2D eigenvalue weighted by Gasteiger charge is -2.34. The molecule has 1 saturated carbocycles. The lowest BCUT2D eigenvalue weighted by atomic mass is 10.0. The average molecular weight is 264 g/mol. The summed E-state index contributed by atoms with van der Waals surface area (Å²) in [6.07, 6.45) is 5.89. The van der Waals surface area contributed by atoms with E-state index in [1.807, 2.05) is 11.7 Å². The molecule has 1 atom stereocenters. The first-order valence-electron chi connectivity index (χ1n) is 7.55. The van der Waals surface area contributed by atoms with Gasteiger partial charge in [0.05, 0.1) is 11.7 Å². The molecule has 0 saturated heterocycles. The number of hydrogen-bond acceptors (Lipinski definition) is 3. The summed E-state index contributed by atoms with van der Waals surface area (Å²) in [6, 6.07) is 0.836. The number of aromatic nitrogens is 2. The zero-order valence-electron chi connectivity index (χ0n) is 12.8. The van der Waals surface area contributed by atoms with E-state index in [0.29, 0.717) is 18.6 Å². The van der Waals surface area contributed by atoms with Crippen molar-refractivity contribution < 1.29 is 0 Å². The molecule has 2 rings (SSSR count). The maximum Gasteiger partial charge on any atom is 0.0670 e. The van der Waals surface area contributed by atoms with Gasteiger partial charge in [0, 0.05) is 37.9 Å². The van der Waals surface area contributed by atoms with Crippen LogP contribution in [0.2, 0.25) is 0 Å². The Balaban J connectivity index is 2.24. The fourth-order valence-corrected chi connectivity index (χ4v) is 2.84. The molecule has 2 N–H and O–H groups in total. The monoisotopic (exact) mass is 264 g/mol. The first-order chi connectivity index (χ1) is 9.06. The van der Waals surface area contributed by atoms with Crippen molar-refractivity contribution in [2.24, 2.45) is 18.7 Å². The number of hydrogen-bond donors (Lipinski definition) is 1. The third-order valence-electron chi connectivity index (χ3n) is 4.08. The third-order valence-corrected chi connectivity index (χ3v) is 4.08. The van der Waals surface area contributed by atoms with E-state index in [1.165, 1.54) is 30.6 Å². The van der Waals surface area contributed by atoms with Crippen LogP contribution in [-0.4, -0.2) is 33.8 Å². The largest absolute Gasteiger partial charge is 0.329 e. The summed E-state index contributed by atoms with van der Waals surface area (Å²) in [6.45, 7) is 8.56. The Morgan fingerprint density at radius 2 is 2.16 bits per heavy atom. The molecule has 0 radical (unpaired) electrons. The smallest absolute Gasteiger partial charge is 0.0670 e. The summed E-state index contributed by atoms with van der Waals surface area (Å²) in [5, 5.41) is 4.57. The van der Waals surface area contributed by atoms with Gasteiger partial charge < -0.3 is 5.73 Å². The summed E-state index contributed by atoms with van der Waals surface area (Å²) in [5.41, 5.74) is 8.61. The van der Waals surface area contributed by atoms with Crippen LogP contribution < -0.4 is 5.73 Å². The van der Waals surface area contributed by atoms with E-state index in [2.05, 4.69) is 37.0 Å². The summed E-state index contributed by atoms with van der Waals surface area (Å²) in [4.78, 5) is 2.56. The Hall–Kier alpha value is -0.870. The van der Waals surface area contributed by atoms with E-state index in [9.17, 15) is 0 Å². The first-order valence-corrected chi connectivity index (χ1v) is 7.55. The van der Waals surface area contributed by atoms with Gasteiger partial charge in [0.2, 0.25) is 0 Å². The van der Waals surface area contributed by atoms with Gasteiger partial charge >= 0.3 is 0 Å². The highest BCUT2D eigenvalue weighted by molar-refractivity contribution is 5.22. The minimum Gasteiger partial charge on any atom is -0.329 e. The van der Waals surface area contributed by atoms with Crippen molar-refractivity contribution in [3.8, 4) is 0 Å². The molecule has 4 nitrogen and oxygen atoms in total. The number of aryl methyl sites for hydroxylation is 2. The molecule has 0 aliphatic heterocycles. The molecule has 1 fully saturated rings. The summed E-state index contributed by atoms with van der Waals surface area (Å²) < 4.78 is 1.92. The van der Waals surface area contributed by atoms with E-state index >= 15 is 0 Å². The van der Waals surface area contributed by atoms with Gasteiger partial charge in [-0.05, 0) is 39.0 Å². The zero-order chi connectivity index (χ0) is 14.0. The number of rotatable bonds is 7. The fraction of sp³-hybridized carbons (Fsp3) is 0.800. The quantitative estimate of drug-likeness (QED) is 0.820. The van der Waals surface area contributed by atoms with Crippen LogP contribution in [0.25, 0.3) is 0 Å². The second kappa shape index (κ2) is 6.06. The Kier molecular flexibility index (Phi) is 4.63. The zero-order valence-corrected chi connectivity index (χ0v) is 12.8. The molecule has 1 unspecified atom stereocenters. The minimum absolute atomic E-state index is 0.309. The molecule has 1 aromatic rings. The van der Waals surface area contributed by atoms with Crippen LogP contribution >= 0.6 is 0 Å². The number of nitrogens with two attached hydrogens (primary N) is 1. The molecule has 4 heteroatoms. The van der Waals surface area contributed by atoms with E-state index in [1.54, 1.807) is 0 Å². The van der Waals surface area contributed by atoms with Crippen LogP contribution in [0.3, 0.4) is 0 Å². The average Bonchev–Trinajstić information content (AvgIpc) is 3.11. The lowest BCUT2D eigenvalue weighted by molar-refractivity contribution is 0.149. The van der Waals surface area contributed by atoms with Gasteiger partial charge in [-0.2, -0.15) is 5.10 Å². The van der Waals surface area contributed by atoms with Crippen LogP contribution in [0.5, 0.6) is 0 Å². The topological polar surface area (TPSA) is 47.1 Å². The summed E-state index contributed by atoms with van der Waals surface area (Å²) in [7, 11) is 2.00. The number of nitrogens with zero attached hydrogens (tertiary/aromatic N) is 3. The van der Waals surface area contributed by atoms with Crippen molar-refractivity contribution >= 4 is 0 Å². The summed E-state index contributed by atoms with van der Waals surface area (Å²) >= 11 is 0. The molecule has 0 amide bonds. The molecule has 1 heterocycles. The third kappa shape index (κ3) is 3.37. The SMILES string of the molecule is CCc1nn(C)cc1C(CN)N(CC1CC1)C(C)C. The van der Waals surface area contributed by atoms with E-state index in [0.717, 1.165) is 12.3 Å². The second-order valence-electron chi connectivity index (χ2n) is 6.04. The maximum absolute atomic E-state index is 6.09. The molecule has 19 heavy (non-hydrogen) atoms. The Bertz CT molecular complexity index is 406. The van der Waals surface area contributed by atoms with Crippen molar-refractivity contribution in [3.05, 3.63) is 17.5 Å². The van der Waals surface area contributed by atoms with Gasteiger partial charge in [0.25, 0.3) is 0 Å². The van der Waals surface area contributed by atoms with Crippen LogP contribution in [0, 0.1) is 5.92 Å². The predicted octanol–water partition coefficient (Wildman–Crippen LogP) is 2.10. The van der Waals surface area contributed by atoms with Crippen LogP contribution in [0.1, 0.15) is 50.9 Å². The van der Waals surface area contributed by atoms with Crippen molar-refractivity contribution in [2.75, 3.05) is 13.1 Å². The van der Waals surface area contributed by atoms with E-state index in [4.69, 9.17) is 5.73 Å². The highest BCUT2D eigenvalue weighted by atomic mass is 15.3. The molecular formula is C15H28N4. The van der Waals surface area contributed by atoms with Crippen molar-refractivity contribution in [3.63, 3.8) is 0 Å². The molecule has 108 valence electrons. The fourth-order valence-electron chi connectivity index (χ4n) is 2.84. The Morgan fingerprint density at radius 1 is 1.47 bits per heavy atom. The standard InChI is InChI=1S/C15H28N4/c1-5-14-13(10-18(4)17-14)15(8-16)19(11(2)3)9-12-6-7-12/h10-12,15H,5-9,16H2,1-4H3. The molecule has 0 spiro atoms. The Labute approximate surface area is 117 Å². The molecule has 1 aliphatic rings. The highest BCUT2D eigenvalue weighted by Crippen LogP contribution is 2.34. The van der Waals surface area contributed by atoms with Gasteiger partial charge in [-0.15, -0.1) is 0 Å². The maximum atomic E-state index is 6.09. The van der Waals surface area contributed by atoms with Crippen LogP contribution in [0.4, 0.5) is 0 Å². The van der Waals surface area contributed by atoms with Crippen molar-refractivity contribution in [2.45, 2.75) is 52.1 Å². The molecule has 1 aliphatic carbocycles. The second-order valence-corrected chi connectivity index (χ2v) is 6.04. The van der Waals surface area contributed by atoms with Crippen molar-refractivity contribution in [1.29, 1.82) is 0 Å². The highest BCUT2D eigenvalue weighted by Gasteiger charge is 2.31. The normalized spacial score (nSPS) is 17.4. The molecular weight excluding hydrogens is 236 g/mol. The Morgan fingerprint density at radius 3 is 2.63 bits per heavy atom. The van der Waals surface area contributed by atoms with Gasteiger partial charge in [0.15, 0.2) is 0 Å². The van der Waals surface area contributed by atoms with Crippen molar-refractivity contribution in [1.82, 2.24) is 14.7 Å². The van der Waals surface area contributed by atoms with E-state index < -0.39 is 0 Å². The van der Waals surface area contributed by atoms with Crippen LogP contribution in [0.15, 0.2) is 6.20 Å². The minimum atomic E-state index is 0.309. The molecule has 1 aromatic heterocycles. The summed E-state index contributed by atoms with van der Waals surface area (Å²) in [5.74, 6) is 0.887. The lowest BCUT2D eigenvalue weighted by Crippen LogP contribution is -2.40. The first kappa shape index (κ1) is 14.5. The van der Waals surface area contributed by atoms with Gasteiger partial charge in [-0.3, -0.25) is 9.58 Å². The van der Waals surface area contributed by atoms with E-state index in [-0.39, 0.29) is 0 Å². The van der Waals surface area contributed by atoms with Gasteiger partial charge in [-0.1, -0.05) is 6.92 Å².